The van der Waals surface area contributed by atoms with Crippen molar-refractivity contribution < 1.29 is 8.42 Å². The summed E-state index contributed by atoms with van der Waals surface area (Å²) in [6.07, 6.45) is 1.94. The third-order valence-corrected chi connectivity index (χ3v) is 5.96. The molecule has 1 unspecified atom stereocenters. The zero-order chi connectivity index (χ0) is 13.1. The Bertz CT molecular complexity index is 319. The summed E-state index contributed by atoms with van der Waals surface area (Å²) in [7, 11) is -3.05. The summed E-state index contributed by atoms with van der Waals surface area (Å²) in [5.41, 5.74) is 0. The lowest BCUT2D eigenvalue weighted by Gasteiger charge is -2.35. The molecule has 0 radical (unpaired) electrons. The average Bonchev–Trinajstić information content (AvgIpc) is 2.29. The maximum Gasteiger partial charge on any atom is 0.216 e. The Labute approximate surface area is 106 Å². The summed E-state index contributed by atoms with van der Waals surface area (Å²) in [6, 6.07) is 0.490. The van der Waals surface area contributed by atoms with E-state index in [4.69, 9.17) is 0 Å². The standard InChI is InChI=1S/C12H26N2O2S/c1-5-13-11(4)12-6-8-14(9-7-12)17(15,16)10(2)3/h10-13H,5-9H2,1-4H3. The van der Waals surface area contributed by atoms with Crippen LogP contribution in [0.1, 0.15) is 40.5 Å². The molecule has 1 rings (SSSR count). The maximum absolute atomic E-state index is 12.0. The maximum atomic E-state index is 12.0. The van der Waals surface area contributed by atoms with Crippen LogP contribution < -0.4 is 5.32 Å². The van der Waals surface area contributed by atoms with Crippen molar-refractivity contribution >= 4 is 10.0 Å². The number of rotatable bonds is 5. The highest BCUT2D eigenvalue weighted by atomic mass is 32.2. The van der Waals surface area contributed by atoms with E-state index in [1.807, 2.05) is 0 Å². The van der Waals surface area contributed by atoms with Crippen molar-refractivity contribution in [1.29, 1.82) is 0 Å². The molecule has 0 saturated carbocycles. The predicted octanol–water partition coefficient (Wildman–Crippen LogP) is 1.43. The van der Waals surface area contributed by atoms with Gasteiger partial charge < -0.3 is 5.32 Å². The first-order chi connectivity index (χ1) is 7.89. The van der Waals surface area contributed by atoms with Gasteiger partial charge in [0.1, 0.15) is 0 Å². The molecule has 1 atom stereocenters. The minimum atomic E-state index is -3.05. The van der Waals surface area contributed by atoms with Crippen LogP contribution in [0.3, 0.4) is 0 Å². The second-order valence-electron chi connectivity index (χ2n) is 5.18. The molecule has 0 bridgehead atoms. The van der Waals surface area contributed by atoms with E-state index >= 15 is 0 Å². The normalized spacial score (nSPS) is 21.9. The van der Waals surface area contributed by atoms with Gasteiger partial charge in [0.2, 0.25) is 10.0 Å². The second kappa shape index (κ2) is 6.16. The third-order valence-electron chi connectivity index (χ3n) is 3.69. The number of hydrogen-bond donors (Lipinski definition) is 1. The minimum absolute atomic E-state index is 0.301. The molecular formula is C12H26N2O2S. The van der Waals surface area contributed by atoms with Crippen molar-refractivity contribution in [3.63, 3.8) is 0 Å². The van der Waals surface area contributed by atoms with E-state index in [0.717, 1.165) is 19.4 Å². The van der Waals surface area contributed by atoms with Gasteiger partial charge in [-0.2, -0.15) is 0 Å². The topological polar surface area (TPSA) is 49.4 Å². The molecule has 17 heavy (non-hydrogen) atoms. The van der Waals surface area contributed by atoms with Gasteiger partial charge in [-0.05, 0) is 46.1 Å². The molecule has 0 aliphatic carbocycles. The predicted molar refractivity (Wildman–Crippen MR) is 71.5 cm³/mol. The molecule has 1 aliphatic heterocycles. The van der Waals surface area contributed by atoms with E-state index in [2.05, 4.69) is 19.2 Å². The fourth-order valence-electron chi connectivity index (χ4n) is 2.42. The van der Waals surface area contributed by atoms with Gasteiger partial charge in [-0.15, -0.1) is 0 Å². The lowest BCUT2D eigenvalue weighted by molar-refractivity contribution is 0.232. The fraction of sp³-hybridized carbons (Fsp3) is 1.00. The highest BCUT2D eigenvalue weighted by molar-refractivity contribution is 7.89. The molecule has 0 aromatic heterocycles. The van der Waals surface area contributed by atoms with E-state index in [1.54, 1.807) is 18.2 Å². The van der Waals surface area contributed by atoms with Crippen LogP contribution in [0.5, 0.6) is 0 Å². The van der Waals surface area contributed by atoms with Gasteiger partial charge in [-0.25, -0.2) is 12.7 Å². The first-order valence-corrected chi connectivity index (χ1v) is 8.12. The van der Waals surface area contributed by atoms with Crippen molar-refractivity contribution in [1.82, 2.24) is 9.62 Å². The number of sulfonamides is 1. The molecular weight excluding hydrogens is 236 g/mol. The van der Waals surface area contributed by atoms with Crippen molar-refractivity contribution in [3.8, 4) is 0 Å². The SMILES string of the molecule is CCNC(C)C1CCN(S(=O)(=O)C(C)C)CC1. The third kappa shape index (κ3) is 3.66. The molecule has 0 aromatic carbocycles. The van der Waals surface area contributed by atoms with Crippen molar-refractivity contribution in [2.24, 2.45) is 5.92 Å². The highest BCUT2D eigenvalue weighted by Crippen LogP contribution is 2.23. The molecule has 4 nitrogen and oxygen atoms in total. The van der Waals surface area contributed by atoms with Crippen LogP contribution >= 0.6 is 0 Å². The highest BCUT2D eigenvalue weighted by Gasteiger charge is 2.31. The van der Waals surface area contributed by atoms with Gasteiger partial charge in [0.25, 0.3) is 0 Å². The van der Waals surface area contributed by atoms with Crippen LogP contribution in [0, 0.1) is 5.92 Å². The Hall–Kier alpha value is -0.130. The molecule has 1 fully saturated rings. The van der Waals surface area contributed by atoms with E-state index in [9.17, 15) is 8.42 Å². The number of piperidine rings is 1. The quantitative estimate of drug-likeness (QED) is 0.815. The Balaban J connectivity index is 2.51. The van der Waals surface area contributed by atoms with Crippen molar-refractivity contribution in [2.45, 2.75) is 51.8 Å². The van der Waals surface area contributed by atoms with Gasteiger partial charge in [-0.3, -0.25) is 0 Å². The molecule has 5 heteroatoms. The Kier molecular flexibility index (Phi) is 5.41. The summed E-state index contributed by atoms with van der Waals surface area (Å²) in [5, 5.41) is 3.12. The molecule has 1 N–H and O–H groups in total. The first-order valence-electron chi connectivity index (χ1n) is 6.62. The van der Waals surface area contributed by atoms with Crippen LogP contribution in [-0.2, 0) is 10.0 Å². The van der Waals surface area contributed by atoms with Crippen LogP contribution in [0.25, 0.3) is 0 Å². The summed E-state index contributed by atoms with van der Waals surface area (Å²) in [5.74, 6) is 0.605. The van der Waals surface area contributed by atoms with Crippen LogP contribution in [0.4, 0.5) is 0 Å². The van der Waals surface area contributed by atoms with E-state index < -0.39 is 10.0 Å². The lowest BCUT2D eigenvalue weighted by Crippen LogP contribution is -2.45. The number of nitrogens with zero attached hydrogens (tertiary/aromatic N) is 1. The molecule has 0 spiro atoms. The zero-order valence-electron chi connectivity index (χ0n) is 11.4. The van der Waals surface area contributed by atoms with Crippen molar-refractivity contribution in [3.05, 3.63) is 0 Å². The monoisotopic (exact) mass is 262 g/mol. The largest absolute Gasteiger partial charge is 0.314 e. The average molecular weight is 262 g/mol. The Morgan fingerprint density at radius 3 is 2.18 bits per heavy atom. The lowest BCUT2D eigenvalue weighted by atomic mass is 9.91. The fourth-order valence-corrected chi connectivity index (χ4v) is 3.73. The summed E-state index contributed by atoms with van der Waals surface area (Å²) >= 11 is 0. The van der Waals surface area contributed by atoms with Gasteiger partial charge in [-0.1, -0.05) is 6.92 Å². The van der Waals surface area contributed by atoms with Crippen LogP contribution in [0.15, 0.2) is 0 Å². The summed E-state index contributed by atoms with van der Waals surface area (Å²) in [6.45, 7) is 10.1. The Morgan fingerprint density at radius 2 is 1.76 bits per heavy atom. The number of nitrogens with one attached hydrogen (secondary N) is 1. The van der Waals surface area contributed by atoms with Gasteiger partial charge in [0.15, 0.2) is 0 Å². The molecule has 0 aromatic rings. The van der Waals surface area contributed by atoms with Gasteiger partial charge in [0.05, 0.1) is 5.25 Å². The van der Waals surface area contributed by atoms with E-state index in [-0.39, 0.29) is 5.25 Å². The second-order valence-corrected chi connectivity index (χ2v) is 7.67. The van der Waals surface area contributed by atoms with Crippen LogP contribution in [-0.4, -0.2) is 43.6 Å². The van der Waals surface area contributed by atoms with Gasteiger partial charge in [0, 0.05) is 19.1 Å². The molecule has 1 heterocycles. The summed E-state index contributed by atoms with van der Waals surface area (Å²) in [4.78, 5) is 0. The first kappa shape index (κ1) is 14.9. The smallest absolute Gasteiger partial charge is 0.216 e. The van der Waals surface area contributed by atoms with Gasteiger partial charge >= 0.3 is 0 Å². The Morgan fingerprint density at radius 1 is 1.24 bits per heavy atom. The zero-order valence-corrected chi connectivity index (χ0v) is 12.3. The number of hydrogen-bond acceptors (Lipinski definition) is 3. The molecule has 1 aliphatic rings. The summed E-state index contributed by atoms with van der Waals surface area (Å²) < 4.78 is 25.7. The van der Waals surface area contributed by atoms with E-state index in [0.29, 0.717) is 25.0 Å². The molecule has 0 amide bonds. The minimum Gasteiger partial charge on any atom is -0.314 e. The van der Waals surface area contributed by atoms with Crippen molar-refractivity contribution in [2.75, 3.05) is 19.6 Å². The van der Waals surface area contributed by atoms with E-state index in [1.165, 1.54) is 0 Å². The molecule has 1 saturated heterocycles. The molecule has 102 valence electrons. The van der Waals surface area contributed by atoms with Crippen LogP contribution in [0.2, 0.25) is 0 Å².